The van der Waals surface area contributed by atoms with Crippen LogP contribution in [0.4, 0.5) is 0 Å². The first-order chi connectivity index (χ1) is 10.6. The molecular formula is C16H30IN5O. The average molecular weight is 435 g/mol. The minimum atomic E-state index is 0. The number of nitrogens with one attached hydrogen (secondary N) is 2. The van der Waals surface area contributed by atoms with Crippen molar-refractivity contribution in [2.75, 3.05) is 26.8 Å². The maximum absolute atomic E-state index is 5.63. The molecule has 1 aliphatic rings. The third kappa shape index (κ3) is 6.66. The van der Waals surface area contributed by atoms with Gasteiger partial charge < -0.3 is 15.4 Å². The Morgan fingerprint density at radius 1 is 1.35 bits per heavy atom. The number of aliphatic imine (C=N–C) groups is 1. The summed E-state index contributed by atoms with van der Waals surface area (Å²) in [6, 6.07) is 0. The third-order valence-corrected chi connectivity index (χ3v) is 4.12. The van der Waals surface area contributed by atoms with Crippen LogP contribution in [0.15, 0.2) is 4.99 Å². The summed E-state index contributed by atoms with van der Waals surface area (Å²) in [5.74, 6) is 1.66. The van der Waals surface area contributed by atoms with E-state index in [-0.39, 0.29) is 24.0 Å². The van der Waals surface area contributed by atoms with Crippen LogP contribution in [0, 0.1) is 19.8 Å². The van der Waals surface area contributed by atoms with Gasteiger partial charge in [-0.3, -0.25) is 9.67 Å². The maximum Gasteiger partial charge on any atom is 0.191 e. The van der Waals surface area contributed by atoms with Crippen molar-refractivity contribution >= 4 is 29.9 Å². The predicted molar refractivity (Wildman–Crippen MR) is 104 cm³/mol. The molecule has 1 aromatic rings. The van der Waals surface area contributed by atoms with Gasteiger partial charge in [0, 0.05) is 51.7 Å². The highest BCUT2D eigenvalue weighted by Gasteiger charge is 2.20. The number of aryl methyl sites for hydroxylation is 2. The maximum atomic E-state index is 5.63. The van der Waals surface area contributed by atoms with Gasteiger partial charge in [-0.25, -0.2) is 0 Å². The van der Waals surface area contributed by atoms with Crippen molar-refractivity contribution in [2.24, 2.45) is 18.0 Å². The molecule has 132 valence electrons. The van der Waals surface area contributed by atoms with Gasteiger partial charge >= 0.3 is 0 Å². The SMILES string of the molecule is CN=C(NCCCOCC1CC1)NCc1c(C)nn(C)c1C.I. The lowest BCUT2D eigenvalue weighted by molar-refractivity contribution is 0.123. The second-order valence-electron chi connectivity index (χ2n) is 6.00. The minimum absolute atomic E-state index is 0. The fraction of sp³-hybridized carbons (Fsp3) is 0.750. The predicted octanol–water partition coefficient (Wildman–Crippen LogP) is 2.14. The van der Waals surface area contributed by atoms with Crippen LogP contribution < -0.4 is 10.6 Å². The Balaban J connectivity index is 0.00000264. The Labute approximate surface area is 156 Å². The van der Waals surface area contributed by atoms with Gasteiger partial charge in [0.15, 0.2) is 5.96 Å². The van der Waals surface area contributed by atoms with Crippen molar-refractivity contribution in [2.45, 2.75) is 39.7 Å². The summed E-state index contributed by atoms with van der Waals surface area (Å²) in [6.45, 7) is 7.49. The highest BCUT2D eigenvalue weighted by Crippen LogP contribution is 2.28. The molecule has 0 spiro atoms. The molecule has 7 heteroatoms. The number of rotatable bonds is 8. The van der Waals surface area contributed by atoms with Gasteiger partial charge in [0.1, 0.15) is 0 Å². The number of hydrogen-bond donors (Lipinski definition) is 2. The van der Waals surface area contributed by atoms with E-state index in [0.29, 0.717) is 0 Å². The fourth-order valence-corrected chi connectivity index (χ4v) is 2.38. The summed E-state index contributed by atoms with van der Waals surface area (Å²) in [7, 11) is 3.77. The summed E-state index contributed by atoms with van der Waals surface area (Å²) < 4.78 is 7.54. The second kappa shape index (κ2) is 10.1. The van der Waals surface area contributed by atoms with Crippen molar-refractivity contribution in [1.82, 2.24) is 20.4 Å². The summed E-state index contributed by atoms with van der Waals surface area (Å²) in [6.07, 6.45) is 3.70. The van der Waals surface area contributed by atoms with E-state index >= 15 is 0 Å². The van der Waals surface area contributed by atoms with Gasteiger partial charge in [0.2, 0.25) is 0 Å². The third-order valence-electron chi connectivity index (χ3n) is 4.12. The van der Waals surface area contributed by atoms with E-state index in [1.807, 2.05) is 18.7 Å². The first-order valence-electron chi connectivity index (χ1n) is 8.13. The normalized spacial score (nSPS) is 14.5. The van der Waals surface area contributed by atoms with Gasteiger partial charge in [-0.05, 0) is 39.0 Å². The molecule has 0 aromatic carbocycles. The Kier molecular flexibility index (Phi) is 8.90. The zero-order chi connectivity index (χ0) is 15.9. The van der Waals surface area contributed by atoms with Crippen LogP contribution in [0.2, 0.25) is 0 Å². The Morgan fingerprint density at radius 2 is 2.09 bits per heavy atom. The van der Waals surface area contributed by atoms with Crippen molar-refractivity contribution in [3.63, 3.8) is 0 Å². The van der Waals surface area contributed by atoms with Gasteiger partial charge in [0.25, 0.3) is 0 Å². The first-order valence-corrected chi connectivity index (χ1v) is 8.13. The Morgan fingerprint density at radius 3 is 2.65 bits per heavy atom. The molecule has 1 fully saturated rings. The summed E-state index contributed by atoms with van der Waals surface area (Å²) in [4.78, 5) is 4.25. The quantitative estimate of drug-likeness (QED) is 0.284. The van der Waals surface area contributed by atoms with E-state index < -0.39 is 0 Å². The topological polar surface area (TPSA) is 63.5 Å². The van der Waals surface area contributed by atoms with E-state index in [4.69, 9.17) is 4.74 Å². The van der Waals surface area contributed by atoms with E-state index in [1.54, 1.807) is 7.05 Å². The summed E-state index contributed by atoms with van der Waals surface area (Å²) >= 11 is 0. The molecule has 0 amide bonds. The lowest BCUT2D eigenvalue weighted by Gasteiger charge is -2.12. The zero-order valence-electron chi connectivity index (χ0n) is 14.7. The number of guanidine groups is 1. The molecule has 1 aromatic heterocycles. The lowest BCUT2D eigenvalue weighted by Crippen LogP contribution is -2.37. The van der Waals surface area contributed by atoms with Gasteiger partial charge in [-0.1, -0.05) is 0 Å². The Bertz CT molecular complexity index is 511. The fourth-order valence-electron chi connectivity index (χ4n) is 2.38. The smallest absolute Gasteiger partial charge is 0.191 e. The zero-order valence-corrected chi connectivity index (χ0v) is 17.0. The molecular weight excluding hydrogens is 405 g/mol. The van der Waals surface area contributed by atoms with Crippen LogP contribution in [-0.2, 0) is 18.3 Å². The molecule has 2 rings (SSSR count). The molecule has 0 aliphatic heterocycles. The average Bonchev–Trinajstić information content (AvgIpc) is 3.28. The van der Waals surface area contributed by atoms with Crippen molar-refractivity contribution < 1.29 is 4.74 Å². The van der Waals surface area contributed by atoms with Crippen molar-refractivity contribution in [1.29, 1.82) is 0 Å². The van der Waals surface area contributed by atoms with Crippen LogP contribution in [0.5, 0.6) is 0 Å². The van der Waals surface area contributed by atoms with Crippen LogP contribution in [0.3, 0.4) is 0 Å². The van der Waals surface area contributed by atoms with Crippen molar-refractivity contribution in [3.05, 3.63) is 17.0 Å². The van der Waals surface area contributed by atoms with Crippen molar-refractivity contribution in [3.8, 4) is 0 Å². The standard InChI is InChI=1S/C16H29N5O.HI/c1-12-15(13(2)21(4)20-12)10-19-16(17-3)18-8-5-9-22-11-14-6-7-14;/h14H,5-11H2,1-4H3,(H2,17,18,19);1H. The largest absolute Gasteiger partial charge is 0.381 e. The van der Waals surface area contributed by atoms with Crippen LogP contribution in [0.25, 0.3) is 0 Å². The number of ether oxygens (including phenoxy) is 1. The second-order valence-corrected chi connectivity index (χ2v) is 6.00. The molecule has 1 aliphatic carbocycles. The summed E-state index contributed by atoms with van der Waals surface area (Å²) in [5.41, 5.74) is 3.49. The Hall–Kier alpha value is -0.830. The van der Waals surface area contributed by atoms with Gasteiger partial charge in [-0.2, -0.15) is 5.10 Å². The van der Waals surface area contributed by atoms with Crippen LogP contribution >= 0.6 is 24.0 Å². The molecule has 0 bridgehead atoms. The number of halogens is 1. The number of aromatic nitrogens is 2. The number of nitrogens with zero attached hydrogens (tertiary/aromatic N) is 3. The molecule has 0 unspecified atom stereocenters. The first kappa shape index (κ1) is 20.2. The molecule has 0 atom stereocenters. The molecule has 1 saturated carbocycles. The molecule has 0 saturated heterocycles. The lowest BCUT2D eigenvalue weighted by atomic mass is 10.2. The van der Waals surface area contributed by atoms with Gasteiger partial charge in [-0.15, -0.1) is 24.0 Å². The minimum Gasteiger partial charge on any atom is -0.381 e. The molecule has 2 N–H and O–H groups in total. The monoisotopic (exact) mass is 435 g/mol. The summed E-state index contributed by atoms with van der Waals surface area (Å²) in [5, 5.41) is 11.1. The molecule has 0 radical (unpaired) electrons. The van der Waals surface area contributed by atoms with E-state index in [1.165, 1.54) is 24.1 Å². The number of hydrogen-bond acceptors (Lipinski definition) is 3. The highest BCUT2D eigenvalue weighted by atomic mass is 127. The molecule has 6 nitrogen and oxygen atoms in total. The van der Waals surface area contributed by atoms with Gasteiger partial charge in [0.05, 0.1) is 5.69 Å². The van der Waals surface area contributed by atoms with Crippen LogP contribution in [-0.4, -0.2) is 42.5 Å². The molecule has 1 heterocycles. The van der Waals surface area contributed by atoms with E-state index in [0.717, 1.165) is 50.3 Å². The highest BCUT2D eigenvalue weighted by molar-refractivity contribution is 14.0. The molecule has 23 heavy (non-hydrogen) atoms. The van der Waals surface area contributed by atoms with E-state index in [9.17, 15) is 0 Å². The van der Waals surface area contributed by atoms with Crippen LogP contribution in [0.1, 0.15) is 36.2 Å². The van der Waals surface area contributed by atoms with E-state index in [2.05, 4.69) is 27.6 Å².